The Bertz CT molecular complexity index is 526. The Hall–Kier alpha value is -0.850. The Balaban J connectivity index is 1.62. The molecule has 1 heteroatoms. The number of hydrogen-bond acceptors (Lipinski definition) is 1. The van der Waals surface area contributed by atoms with Crippen LogP contribution >= 0.6 is 0 Å². The van der Waals surface area contributed by atoms with Crippen LogP contribution in [0.15, 0.2) is 23.3 Å². The fourth-order valence-electron chi connectivity index (χ4n) is 6.38. The molecule has 5 unspecified atom stereocenters. The Kier molecular flexibility index (Phi) is 3.17. The number of ketones is 1. The normalized spacial score (nSPS) is 45.3. The van der Waals surface area contributed by atoms with Gasteiger partial charge >= 0.3 is 0 Å². The van der Waals surface area contributed by atoms with E-state index >= 15 is 0 Å². The highest BCUT2D eigenvalue weighted by molar-refractivity contribution is 5.91. The molecule has 0 aromatic heterocycles. The molecule has 0 bridgehead atoms. The quantitative estimate of drug-likeness (QED) is 0.614. The second-order valence-corrected chi connectivity index (χ2v) is 8.08. The van der Waals surface area contributed by atoms with Crippen LogP contribution in [-0.4, -0.2) is 5.78 Å². The predicted octanol–water partition coefficient (Wildman–Crippen LogP) is 5.07. The van der Waals surface area contributed by atoms with E-state index in [0.29, 0.717) is 11.2 Å². The largest absolute Gasteiger partial charge is 0.295 e. The van der Waals surface area contributed by atoms with E-state index in [1.54, 1.807) is 5.57 Å². The van der Waals surface area contributed by atoms with E-state index < -0.39 is 0 Å². The van der Waals surface area contributed by atoms with E-state index in [1.807, 2.05) is 6.08 Å². The van der Waals surface area contributed by atoms with Gasteiger partial charge in [-0.05, 0) is 80.1 Å². The van der Waals surface area contributed by atoms with Crippen LogP contribution in [0.3, 0.4) is 0 Å². The topological polar surface area (TPSA) is 17.1 Å². The summed E-state index contributed by atoms with van der Waals surface area (Å²) in [5.74, 6) is 3.82. The van der Waals surface area contributed by atoms with Crippen LogP contribution in [0.2, 0.25) is 0 Å². The monoisotopic (exact) mass is 284 g/mol. The molecule has 2 saturated carbocycles. The fraction of sp³-hybridized carbons (Fsp3) is 0.750. The average molecular weight is 284 g/mol. The summed E-state index contributed by atoms with van der Waals surface area (Å²) < 4.78 is 0. The summed E-state index contributed by atoms with van der Waals surface area (Å²) in [6, 6.07) is 0. The minimum absolute atomic E-state index is 0.385. The molecular formula is C20H28O. The number of carbonyl (C=O) groups is 1. The van der Waals surface area contributed by atoms with Crippen LogP contribution in [0, 0.1) is 29.1 Å². The van der Waals surface area contributed by atoms with Crippen LogP contribution in [0.4, 0.5) is 0 Å². The van der Waals surface area contributed by atoms with Crippen LogP contribution in [0.25, 0.3) is 0 Å². The number of carbonyl (C=O) groups excluding carboxylic acids is 1. The maximum atomic E-state index is 11.7. The van der Waals surface area contributed by atoms with E-state index in [9.17, 15) is 4.79 Å². The molecule has 1 nitrogen and oxygen atoms in total. The summed E-state index contributed by atoms with van der Waals surface area (Å²) in [6.07, 6.45) is 14.4. The van der Waals surface area contributed by atoms with Gasteiger partial charge in [-0.15, -0.1) is 0 Å². The molecule has 0 aromatic carbocycles. The molecule has 0 amide bonds. The van der Waals surface area contributed by atoms with Gasteiger partial charge in [0.1, 0.15) is 0 Å². The molecule has 114 valence electrons. The minimum atomic E-state index is 0.385. The molecule has 4 aliphatic carbocycles. The maximum Gasteiger partial charge on any atom is 0.155 e. The number of rotatable bonds is 1. The lowest BCUT2D eigenvalue weighted by atomic mass is 9.51. The SMILES string of the molecule is CCC1=CCC2C3CCC4=CC(=O)CCC4C3CCC12C. The van der Waals surface area contributed by atoms with Crippen molar-refractivity contribution in [2.75, 3.05) is 0 Å². The van der Waals surface area contributed by atoms with Crippen molar-refractivity contribution in [3.05, 3.63) is 23.3 Å². The molecule has 5 atom stereocenters. The van der Waals surface area contributed by atoms with Crippen LogP contribution in [0.5, 0.6) is 0 Å². The van der Waals surface area contributed by atoms with Gasteiger partial charge in [0, 0.05) is 6.42 Å². The predicted molar refractivity (Wildman–Crippen MR) is 85.9 cm³/mol. The molecule has 21 heavy (non-hydrogen) atoms. The zero-order chi connectivity index (χ0) is 14.6. The molecule has 0 radical (unpaired) electrons. The van der Waals surface area contributed by atoms with E-state index in [1.165, 1.54) is 44.1 Å². The molecule has 2 fully saturated rings. The first-order chi connectivity index (χ1) is 10.1. The highest BCUT2D eigenvalue weighted by Crippen LogP contribution is 2.62. The Morgan fingerprint density at radius 1 is 1.19 bits per heavy atom. The van der Waals surface area contributed by atoms with Crippen molar-refractivity contribution in [1.29, 1.82) is 0 Å². The zero-order valence-corrected chi connectivity index (χ0v) is 13.5. The van der Waals surface area contributed by atoms with Crippen LogP contribution in [-0.2, 0) is 4.79 Å². The van der Waals surface area contributed by atoms with Gasteiger partial charge in [0.05, 0.1) is 0 Å². The van der Waals surface area contributed by atoms with Gasteiger partial charge in [-0.2, -0.15) is 0 Å². The third-order valence-corrected chi connectivity index (χ3v) is 7.42. The Morgan fingerprint density at radius 2 is 2.05 bits per heavy atom. The number of hydrogen-bond donors (Lipinski definition) is 0. The lowest BCUT2D eigenvalue weighted by molar-refractivity contribution is -0.116. The summed E-state index contributed by atoms with van der Waals surface area (Å²) in [7, 11) is 0. The van der Waals surface area contributed by atoms with Crippen molar-refractivity contribution in [2.24, 2.45) is 29.1 Å². The van der Waals surface area contributed by atoms with Gasteiger partial charge in [-0.1, -0.05) is 31.1 Å². The summed E-state index contributed by atoms with van der Waals surface area (Å²) in [5.41, 5.74) is 3.76. The van der Waals surface area contributed by atoms with Crippen molar-refractivity contribution < 1.29 is 4.79 Å². The van der Waals surface area contributed by atoms with E-state index in [0.717, 1.165) is 36.5 Å². The fourth-order valence-corrected chi connectivity index (χ4v) is 6.38. The Morgan fingerprint density at radius 3 is 2.86 bits per heavy atom. The van der Waals surface area contributed by atoms with Crippen molar-refractivity contribution in [3.8, 4) is 0 Å². The molecular weight excluding hydrogens is 256 g/mol. The standard InChI is InChI=1S/C20H28O/c1-3-14-5-9-19-18-7-4-13-12-15(21)6-8-16(13)17(18)10-11-20(14,19)2/h5,12,16-19H,3-4,6-11H2,1-2H3. The van der Waals surface area contributed by atoms with Crippen molar-refractivity contribution in [3.63, 3.8) is 0 Å². The van der Waals surface area contributed by atoms with Gasteiger partial charge in [0.2, 0.25) is 0 Å². The summed E-state index contributed by atoms with van der Waals surface area (Å²) >= 11 is 0. The molecule has 0 N–H and O–H groups in total. The minimum Gasteiger partial charge on any atom is -0.295 e. The molecule has 0 aromatic rings. The second-order valence-electron chi connectivity index (χ2n) is 8.08. The lowest BCUT2D eigenvalue weighted by Gasteiger charge is -2.53. The van der Waals surface area contributed by atoms with Crippen LogP contribution < -0.4 is 0 Å². The first kappa shape index (κ1) is 13.8. The Labute approximate surface area is 128 Å². The maximum absolute atomic E-state index is 11.7. The van der Waals surface area contributed by atoms with Gasteiger partial charge in [-0.3, -0.25) is 4.79 Å². The molecule has 0 heterocycles. The second kappa shape index (κ2) is 4.83. The highest BCUT2D eigenvalue weighted by Gasteiger charge is 2.52. The van der Waals surface area contributed by atoms with Crippen molar-refractivity contribution >= 4 is 5.78 Å². The van der Waals surface area contributed by atoms with Gasteiger partial charge in [0.25, 0.3) is 0 Å². The lowest BCUT2D eigenvalue weighted by Crippen LogP contribution is -2.45. The van der Waals surface area contributed by atoms with E-state index in [2.05, 4.69) is 19.9 Å². The first-order valence-corrected chi connectivity index (χ1v) is 9.06. The third-order valence-electron chi connectivity index (χ3n) is 7.42. The van der Waals surface area contributed by atoms with Crippen LogP contribution in [0.1, 0.15) is 65.2 Å². The number of fused-ring (bicyclic) bond motifs is 5. The summed E-state index contributed by atoms with van der Waals surface area (Å²) in [4.78, 5) is 11.7. The van der Waals surface area contributed by atoms with Gasteiger partial charge < -0.3 is 0 Å². The summed E-state index contributed by atoms with van der Waals surface area (Å²) in [6.45, 7) is 4.88. The van der Waals surface area contributed by atoms with Crippen molar-refractivity contribution in [2.45, 2.75) is 65.2 Å². The van der Waals surface area contributed by atoms with Crippen molar-refractivity contribution in [1.82, 2.24) is 0 Å². The number of allylic oxidation sites excluding steroid dienone is 4. The molecule has 0 saturated heterocycles. The first-order valence-electron chi connectivity index (χ1n) is 9.06. The summed E-state index contributed by atoms with van der Waals surface area (Å²) in [5, 5.41) is 0. The van der Waals surface area contributed by atoms with E-state index in [-0.39, 0.29) is 0 Å². The average Bonchev–Trinajstić information content (AvgIpc) is 2.83. The van der Waals surface area contributed by atoms with Gasteiger partial charge in [0.15, 0.2) is 5.78 Å². The molecule has 4 rings (SSSR count). The smallest absolute Gasteiger partial charge is 0.155 e. The molecule has 4 aliphatic rings. The highest BCUT2D eigenvalue weighted by atomic mass is 16.1. The molecule has 0 spiro atoms. The van der Waals surface area contributed by atoms with Gasteiger partial charge in [-0.25, -0.2) is 0 Å². The molecule has 0 aliphatic heterocycles. The zero-order valence-electron chi connectivity index (χ0n) is 13.5. The van der Waals surface area contributed by atoms with E-state index in [4.69, 9.17) is 0 Å². The third kappa shape index (κ3) is 1.92.